The summed E-state index contributed by atoms with van der Waals surface area (Å²) in [5.74, 6) is 0.724. The summed E-state index contributed by atoms with van der Waals surface area (Å²) < 4.78 is 5.59. The Hall–Kier alpha value is -2.90. The molecule has 7 heteroatoms. The molecule has 27 heavy (non-hydrogen) atoms. The smallest absolute Gasteiger partial charge is 0.258 e. The second-order valence-corrected chi connectivity index (χ2v) is 6.34. The first kappa shape index (κ1) is 18.9. The Morgan fingerprint density at radius 3 is 2.78 bits per heavy atom. The van der Waals surface area contributed by atoms with E-state index in [1.807, 2.05) is 24.3 Å². The number of hydrogen-bond acceptors (Lipinski definition) is 6. The highest BCUT2D eigenvalue weighted by molar-refractivity contribution is 5.86. The molecule has 0 aromatic heterocycles. The molecule has 0 spiro atoms. The lowest BCUT2D eigenvalue weighted by Gasteiger charge is -2.11. The Morgan fingerprint density at radius 1 is 1.26 bits per heavy atom. The van der Waals surface area contributed by atoms with Crippen LogP contribution in [0.15, 0.2) is 53.6 Å². The van der Waals surface area contributed by atoms with Gasteiger partial charge in [0, 0.05) is 11.6 Å². The summed E-state index contributed by atoms with van der Waals surface area (Å²) in [4.78, 5) is 12.3. The average Bonchev–Trinajstić information content (AvgIpc) is 3.18. The number of hydrazone groups is 1. The van der Waals surface area contributed by atoms with Gasteiger partial charge < -0.3 is 9.84 Å². The van der Waals surface area contributed by atoms with Crippen molar-refractivity contribution in [1.82, 2.24) is 16.3 Å². The largest absolute Gasteiger partial charge is 0.507 e. The lowest BCUT2D eigenvalue weighted by atomic mass is 10.0. The van der Waals surface area contributed by atoms with Crippen molar-refractivity contribution in [2.45, 2.75) is 31.8 Å². The second-order valence-electron chi connectivity index (χ2n) is 6.34. The SMILES string of the molecule is CCCOc1ccc(C2CC(C(=O)N/N=C/c3ccccc3O)NN2)cc1. The molecule has 2 atom stereocenters. The molecule has 4 N–H and O–H groups in total. The number of hydrazine groups is 1. The van der Waals surface area contributed by atoms with Crippen LogP contribution in [0.25, 0.3) is 0 Å². The van der Waals surface area contributed by atoms with Gasteiger partial charge in [-0.15, -0.1) is 0 Å². The molecular weight excluding hydrogens is 344 g/mol. The van der Waals surface area contributed by atoms with Crippen molar-refractivity contribution < 1.29 is 14.6 Å². The van der Waals surface area contributed by atoms with E-state index >= 15 is 0 Å². The molecule has 1 saturated heterocycles. The van der Waals surface area contributed by atoms with Crippen molar-refractivity contribution in [3.8, 4) is 11.5 Å². The number of carbonyl (C=O) groups is 1. The normalized spacial score (nSPS) is 19.3. The standard InChI is InChI=1S/C20H24N4O3/c1-2-11-27-16-9-7-14(8-10-16)17-12-18(23-22-17)20(26)24-21-13-15-5-3-4-6-19(15)25/h3-10,13,17-18,22-23,25H,2,11-12H2,1H3,(H,24,26)/b21-13+. The molecule has 1 aliphatic rings. The van der Waals surface area contributed by atoms with E-state index in [0.29, 0.717) is 18.6 Å². The number of nitrogens with one attached hydrogen (secondary N) is 3. The van der Waals surface area contributed by atoms with Gasteiger partial charge in [0.2, 0.25) is 0 Å². The van der Waals surface area contributed by atoms with Crippen molar-refractivity contribution >= 4 is 12.1 Å². The Balaban J connectivity index is 1.51. The number of ether oxygens (including phenoxy) is 1. The highest BCUT2D eigenvalue weighted by Crippen LogP contribution is 2.24. The van der Waals surface area contributed by atoms with Gasteiger partial charge >= 0.3 is 0 Å². The van der Waals surface area contributed by atoms with Crippen LogP contribution in [0.4, 0.5) is 0 Å². The molecule has 1 heterocycles. The summed E-state index contributed by atoms with van der Waals surface area (Å²) in [6, 6.07) is 14.3. The van der Waals surface area contributed by atoms with Gasteiger partial charge in [-0.3, -0.25) is 4.79 Å². The third-order valence-electron chi connectivity index (χ3n) is 4.29. The van der Waals surface area contributed by atoms with Crippen LogP contribution in [0, 0.1) is 0 Å². The van der Waals surface area contributed by atoms with Gasteiger partial charge in [0.25, 0.3) is 5.91 Å². The minimum absolute atomic E-state index is 0.0307. The van der Waals surface area contributed by atoms with E-state index in [1.54, 1.807) is 24.3 Å². The number of nitrogens with zero attached hydrogens (tertiary/aromatic N) is 1. The number of benzene rings is 2. The number of aromatic hydroxyl groups is 1. The number of phenolic OH excluding ortho intramolecular Hbond substituents is 1. The minimum atomic E-state index is -0.396. The van der Waals surface area contributed by atoms with Gasteiger partial charge in [0.1, 0.15) is 17.5 Å². The zero-order chi connectivity index (χ0) is 19.1. The number of rotatable bonds is 7. The van der Waals surface area contributed by atoms with Crippen LogP contribution in [-0.4, -0.2) is 29.9 Å². The quantitative estimate of drug-likeness (QED) is 0.444. The van der Waals surface area contributed by atoms with E-state index in [-0.39, 0.29) is 17.7 Å². The fraction of sp³-hybridized carbons (Fsp3) is 0.300. The van der Waals surface area contributed by atoms with Gasteiger partial charge in [0.15, 0.2) is 0 Å². The minimum Gasteiger partial charge on any atom is -0.507 e. The Kier molecular flexibility index (Phi) is 6.40. The maximum Gasteiger partial charge on any atom is 0.258 e. The summed E-state index contributed by atoms with van der Waals surface area (Å²) in [7, 11) is 0. The summed E-state index contributed by atoms with van der Waals surface area (Å²) in [6.07, 6.45) is 2.99. The summed E-state index contributed by atoms with van der Waals surface area (Å²) in [6.45, 7) is 2.77. The van der Waals surface area contributed by atoms with E-state index < -0.39 is 6.04 Å². The topological polar surface area (TPSA) is 95.0 Å². The highest BCUT2D eigenvalue weighted by atomic mass is 16.5. The number of hydrogen-bond donors (Lipinski definition) is 4. The van der Waals surface area contributed by atoms with Crippen LogP contribution < -0.4 is 21.0 Å². The van der Waals surface area contributed by atoms with E-state index in [4.69, 9.17) is 4.74 Å². The van der Waals surface area contributed by atoms with Crippen LogP contribution in [0.1, 0.15) is 36.9 Å². The Bertz CT molecular complexity index is 792. The lowest BCUT2D eigenvalue weighted by molar-refractivity contribution is -0.122. The zero-order valence-electron chi connectivity index (χ0n) is 15.2. The maximum absolute atomic E-state index is 12.3. The van der Waals surface area contributed by atoms with Crippen LogP contribution in [0.3, 0.4) is 0 Å². The molecule has 7 nitrogen and oxygen atoms in total. The fourth-order valence-electron chi connectivity index (χ4n) is 2.80. The maximum atomic E-state index is 12.3. The van der Waals surface area contributed by atoms with Gasteiger partial charge in [-0.25, -0.2) is 16.3 Å². The van der Waals surface area contributed by atoms with E-state index in [0.717, 1.165) is 17.7 Å². The summed E-state index contributed by atoms with van der Waals surface area (Å²) in [5.41, 5.74) is 10.3. The molecule has 0 saturated carbocycles. The van der Waals surface area contributed by atoms with Crippen LogP contribution in [0.5, 0.6) is 11.5 Å². The predicted molar refractivity (Wildman–Crippen MR) is 103 cm³/mol. The van der Waals surface area contributed by atoms with E-state index in [2.05, 4.69) is 28.3 Å². The first-order valence-electron chi connectivity index (χ1n) is 9.02. The van der Waals surface area contributed by atoms with Gasteiger partial charge in [-0.05, 0) is 42.7 Å². The molecular formula is C20H24N4O3. The van der Waals surface area contributed by atoms with Crippen LogP contribution in [0.2, 0.25) is 0 Å². The van der Waals surface area contributed by atoms with Crippen molar-refractivity contribution in [3.05, 3.63) is 59.7 Å². The number of phenols is 1. The molecule has 2 aromatic carbocycles. The number of amides is 1. The van der Waals surface area contributed by atoms with Crippen molar-refractivity contribution in [1.29, 1.82) is 0 Å². The van der Waals surface area contributed by atoms with Crippen LogP contribution >= 0.6 is 0 Å². The third kappa shape index (κ3) is 5.06. The van der Waals surface area contributed by atoms with Crippen molar-refractivity contribution in [2.75, 3.05) is 6.61 Å². The first-order chi connectivity index (χ1) is 13.2. The Labute approximate surface area is 158 Å². The van der Waals surface area contributed by atoms with E-state index in [1.165, 1.54) is 6.21 Å². The molecule has 0 aliphatic carbocycles. The molecule has 142 valence electrons. The van der Waals surface area contributed by atoms with E-state index in [9.17, 15) is 9.90 Å². The van der Waals surface area contributed by atoms with Gasteiger partial charge in [0.05, 0.1) is 12.8 Å². The van der Waals surface area contributed by atoms with Gasteiger partial charge in [-0.2, -0.15) is 5.10 Å². The molecule has 1 amide bonds. The lowest BCUT2D eigenvalue weighted by Crippen LogP contribution is -2.41. The molecule has 1 fully saturated rings. The molecule has 0 radical (unpaired) electrons. The second kappa shape index (κ2) is 9.16. The first-order valence-corrected chi connectivity index (χ1v) is 9.02. The molecule has 0 bridgehead atoms. The summed E-state index contributed by atoms with van der Waals surface area (Å²) in [5, 5.41) is 13.6. The van der Waals surface area contributed by atoms with Crippen molar-refractivity contribution in [2.24, 2.45) is 5.10 Å². The Morgan fingerprint density at radius 2 is 2.04 bits per heavy atom. The molecule has 1 aliphatic heterocycles. The summed E-state index contributed by atoms with van der Waals surface area (Å²) >= 11 is 0. The van der Waals surface area contributed by atoms with Crippen molar-refractivity contribution in [3.63, 3.8) is 0 Å². The van der Waals surface area contributed by atoms with Gasteiger partial charge in [-0.1, -0.05) is 31.2 Å². The number of para-hydroxylation sites is 1. The third-order valence-corrected chi connectivity index (χ3v) is 4.29. The fourth-order valence-corrected chi connectivity index (χ4v) is 2.80. The predicted octanol–water partition coefficient (Wildman–Crippen LogP) is 2.24. The average molecular weight is 368 g/mol. The molecule has 2 unspecified atom stereocenters. The molecule has 2 aromatic rings. The highest BCUT2D eigenvalue weighted by Gasteiger charge is 2.30. The molecule has 3 rings (SSSR count). The monoisotopic (exact) mass is 368 g/mol. The van der Waals surface area contributed by atoms with Crippen LogP contribution in [-0.2, 0) is 4.79 Å². The number of carbonyl (C=O) groups excluding carboxylic acids is 1. The zero-order valence-corrected chi connectivity index (χ0v) is 15.2.